The lowest BCUT2D eigenvalue weighted by Crippen LogP contribution is -2.44. The summed E-state index contributed by atoms with van der Waals surface area (Å²) < 4.78 is 0. The molecule has 1 N–H and O–H groups in total. The Morgan fingerprint density at radius 3 is 2.52 bits per heavy atom. The maximum atomic E-state index is 11.3. The normalized spacial score (nSPS) is 22.5. The molecule has 21 heavy (non-hydrogen) atoms. The summed E-state index contributed by atoms with van der Waals surface area (Å²) in [5.41, 5.74) is 0.685. The van der Waals surface area contributed by atoms with Gasteiger partial charge < -0.3 is 10.0 Å². The van der Waals surface area contributed by atoms with Gasteiger partial charge in [-0.1, -0.05) is 12.1 Å². The molecule has 0 aliphatic carbocycles. The van der Waals surface area contributed by atoms with Crippen molar-refractivity contribution in [2.75, 3.05) is 4.90 Å². The number of carbonyl (C=O) groups is 1. The molecule has 5 nitrogen and oxygen atoms in total. The Labute approximate surface area is 123 Å². The third-order valence-corrected chi connectivity index (χ3v) is 4.21. The number of rotatable bonds is 2. The van der Waals surface area contributed by atoms with Gasteiger partial charge in [-0.2, -0.15) is 0 Å². The van der Waals surface area contributed by atoms with Crippen molar-refractivity contribution in [3.63, 3.8) is 0 Å². The van der Waals surface area contributed by atoms with Gasteiger partial charge in [0, 0.05) is 17.5 Å². The summed E-state index contributed by atoms with van der Waals surface area (Å²) in [6.07, 6.45) is 3.41. The number of benzene rings is 1. The minimum atomic E-state index is -1.08. The van der Waals surface area contributed by atoms with Crippen LogP contribution >= 0.6 is 0 Å². The molecule has 1 aliphatic rings. The van der Waals surface area contributed by atoms with Crippen LogP contribution in [0.3, 0.4) is 0 Å². The van der Waals surface area contributed by atoms with Crippen molar-refractivity contribution >= 4 is 22.7 Å². The van der Waals surface area contributed by atoms with Crippen LogP contribution < -0.4 is 4.90 Å². The number of carboxylic acid groups (broad SMARTS) is 1. The van der Waals surface area contributed by atoms with E-state index >= 15 is 0 Å². The zero-order valence-corrected chi connectivity index (χ0v) is 12.3. The third-order valence-electron chi connectivity index (χ3n) is 4.21. The fourth-order valence-electron chi connectivity index (χ4n) is 3.19. The van der Waals surface area contributed by atoms with E-state index in [4.69, 9.17) is 0 Å². The molecule has 5 heteroatoms. The molecule has 0 bridgehead atoms. The Morgan fingerprint density at radius 2 is 1.86 bits per heavy atom. The Balaban J connectivity index is 2.21. The highest BCUT2D eigenvalue weighted by Gasteiger charge is 2.28. The summed E-state index contributed by atoms with van der Waals surface area (Å²) in [4.78, 5) is 22.0. The molecule has 2 atom stereocenters. The molecule has 0 unspecified atom stereocenters. The predicted octanol–water partition coefficient (Wildman–Crippen LogP) is 3.10. The third kappa shape index (κ3) is 2.44. The molecule has 0 spiro atoms. The van der Waals surface area contributed by atoms with Crippen molar-refractivity contribution in [1.82, 2.24) is 9.97 Å². The second-order valence-electron chi connectivity index (χ2n) is 5.73. The number of piperidine rings is 1. The molecular formula is C16H19N3O2. The Morgan fingerprint density at radius 1 is 1.19 bits per heavy atom. The van der Waals surface area contributed by atoms with Gasteiger partial charge in [0.1, 0.15) is 5.82 Å². The smallest absolute Gasteiger partial charge is 0.374 e. The minimum absolute atomic E-state index is 0.131. The summed E-state index contributed by atoms with van der Waals surface area (Å²) in [6.45, 7) is 4.35. The molecule has 2 aromatic rings. The second-order valence-corrected chi connectivity index (χ2v) is 5.73. The summed E-state index contributed by atoms with van der Waals surface area (Å²) in [6, 6.07) is 8.32. The first-order valence-corrected chi connectivity index (χ1v) is 7.36. The fourth-order valence-corrected chi connectivity index (χ4v) is 3.19. The summed E-state index contributed by atoms with van der Waals surface area (Å²) in [5, 5.41) is 10.2. The quantitative estimate of drug-likeness (QED) is 0.918. The number of aromatic nitrogens is 2. The molecule has 3 rings (SSSR count). The SMILES string of the molecule is C[C@@H]1CCC[C@H](C)N1c1nc(C(=O)O)nc2ccccc12. The lowest BCUT2D eigenvalue weighted by Gasteiger charge is -2.40. The van der Waals surface area contributed by atoms with Gasteiger partial charge in [-0.3, -0.25) is 0 Å². The van der Waals surface area contributed by atoms with Gasteiger partial charge >= 0.3 is 5.97 Å². The van der Waals surface area contributed by atoms with Gasteiger partial charge in [0.15, 0.2) is 0 Å². The number of para-hydroxylation sites is 1. The van der Waals surface area contributed by atoms with E-state index in [1.165, 1.54) is 6.42 Å². The van der Waals surface area contributed by atoms with E-state index in [9.17, 15) is 9.90 Å². The van der Waals surface area contributed by atoms with Crippen LogP contribution in [0.1, 0.15) is 43.7 Å². The van der Waals surface area contributed by atoms with Crippen LogP contribution in [0, 0.1) is 0 Å². The number of fused-ring (bicyclic) bond motifs is 1. The van der Waals surface area contributed by atoms with Gasteiger partial charge in [0.25, 0.3) is 0 Å². The molecule has 0 saturated carbocycles. The molecule has 0 amide bonds. The van der Waals surface area contributed by atoms with Gasteiger partial charge in [0.2, 0.25) is 5.82 Å². The first-order valence-electron chi connectivity index (χ1n) is 7.36. The highest BCUT2D eigenvalue weighted by molar-refractivity contribution is 5.94. The van der Waals surface area contributed by atoms with Gasteiger partial charge in [0.05, 0.1) is 5.52 Å². The van der Waals surface area contributed by atoms with Crippen LogP contribution in [0.2, 0.25) is 0 Å². The first-order chi connectivity index (χ1) is 10.1. The van der Waals surface area contributed by atoms with Crippen LogP contribution in [0.25, 0.3) is 10.9 Å². The number of aromatic carboxylic acids is 1. The van der Waals surface area contributed by atoms with Crippen molar-refractivity contribution in [1.29, 1.82) is 0 Å². The van der Waals surface area contributed by atoms with E-state index in [1.54, 1.807) is 0 Å². The lowest BCUT2D eigenvalue weighted by molar-refractivity contribution is 0.0684. The van der Waals surface area contributed by atoms with Gasteiger partial charge in [-0.25, -0.2) is 14.8 Å². The molecule has 2 heterocycles. The maximum Gasteiger partial charge on any atom is 0.374 e. The highest BCUT2D eigenvalue weighted by atomic mass is 16.4. The van der Waals surface area contributed by atoms with Crippen molar-refractivity contribution in [2.24, 2.45) is 0 Å². The van der Waals surface area contributed by atoms with E-state index in [0.29, 0.717) is 17.6 Å². The molecule has 0 radical (unpaired) electrons. The number of nitrogens with zero attached hydrogens (tertiary/aromatic N) is 3. The zero-order valence-electron chi connectivity index (χ0n) is 12.3. The van der Waals surface area contributed by atoms with Crippen molar-refractivity contribution in [2.45, 2.75) is 45.2 Å². The molecule has 1 aromatic carbocycles. The van der Waals surface area contributed by atoms with Crippen LogP contribution in [-0.2, 0) is 0 Å². The molecule has 1 aromatic heterocycles. The lowest BCUT2D eigenvalue weighted by atomic mass is 9.97. The predicted molar refractivity (Wildman–Crippen MR) is 81.8 cm³/mol. The van der Waals surface area contributed by atoms with Crippen LogP contribution in [0.15, 0.2) is 24.3 Å². The average Bonchev–Trinajstić information content (AvgIpc) is 2.46. The Kier molecular flexibility index (Phi) is 3.49. The number of hydrogen-bond donors (Lipinski definition) is 1. The molecule has 1 fully saturated rings. The number of carboxylic acids is 1. The topological polar surface area (TPSA) is 66.3 Å². The van der Waals surface area contributed by atoms with E-state index in [-0.39, 0.29) is 5.82 Å². The van der Waals surface area contributed by atoms with E-state index in [1.807, 2.05) is 24.3 Å². The number of anilines is 1. The standard InChI is InChI=1S/C16H19N3O2/c1-10-6-5-7-11(2)19(10)15-12-8-3-4-9-13(12)17-14(18-15)16(20)21/h3-4,8-11H,5-7H2,1-2H3,(H,20,21)/t10-,11+. The Bertz CT molecular complexity index is 676. The van der Waals surface area contributed by atoms with Crippen molar-refractivity contribution in [3.05, 3.63) is 30.1 Å². The molecule has 1 aliphatic heterocycles. The van der Waals surface area contributed by atoms with Crippen LogP contribution in [-0.4, -0.2) is 33.1 Å². The average molecular weight is 285 g/mol. The maximum absolute atomic E-state index is 11.3. The minimum Gasteiger partial charge on any atom is -0.475 e. The molecule has 110 valence electrons. The second kappa shape index (κ2) is 5.31. The van der Waals surface area contributed by atoms with Gasteiger partial charge in [-0.05, 0) is 45.2 Å². The zero-order chi connectivity index (χ0) is 15.0. The van der Waals surface area contributed by atoms with Crippen molar-refractivity contribution in [3.8, 4) is 0 Å². The molecular weight excluding hydrogens is 266 g/mol. The van der Waals surface area contributed by atoms with Crippen molar-refractivity contribution < 1.29 is 9.90 Å². The van der Waals surface area contributed by atoms with Crippen LogP contribution in [0.4, 0.5) is 5.82 Å². The van der Waals surface area contributed by atoms with Crippen LogP contribution in [0.5, 0.6) is 0 Å². The first kappa shape index (κ1) is 13.8. The Hall–Kier alpha value is -2.17. The summed E-state index contributed by atoms with van der Waals surface area (Å²) in [7, 11) is 0. The molecule has 1 saturated heterocycles. The monoisotopic (exact) mass is 285 g/mol. The summed E-state index contributed by atoms with van der Waals surface area (Å²) >= 11 is 0. The largest absolute Gasteiger partial charge is 0.475 e. The fraction of sp³-hybridized carbons (Fsp3) is 0.438. The van der Waals surface area contributed by atoms with E-state index in [2.05, 4.69) is 28.7 Å². The van der Waals surface area contributed by atoms with E-state index < -0.39 is 5.97 Å². The van der Waals surface area contributed by atoms with Gasteiger partial charge in [-0.15, -0.1) is 0 Å². The highest BCUT2D eigenvalue weighted by Crippen LogP contribution is 2.32. The number of hydrogen-bond acceptors (Lipinski definition) is 4. The summed E-state index contributed by atoms with van der Waals surface area (Å²) in [5.74, 6) is -0.467. The van der Waals surface area contributed by atoms with E-state index in [0.717, 1.165) is 24.0 Å².